The van der Waals surface area contributed by atoms with Gasteiger partial charge >= 0.3 is 5.97 Å². The number of nitriles is 1. The van der Waals surface area contributed by atoms with Gasteiger partial charge in [0.2, 0.25) is 0 Å². The molecule has 1 aromatic heterocycles. The number of likely N-dealkylation sites (N-methyl/N-ethyl adjacent to an activating group) is 1. The van der Waals surface area contributed by atoms with Crippen molar-refractivity contribution in [2.24, 2.45) is 0 Å². The number of allylic oxidation sites excluding steroid dienone is 1. The Bertz CT molecular complexity index is 1110. The molecule has 1 aromatic carbocycles. The number of ether oxygens (including phenoxy) is 3. The van der Waals surface area contributed by atoms with Gasteiger partial charge in [-0.05, 0) is 49.0 Å². The topological polar surface area (TPSA) is 78.3 Å². The second-order valence-electron chi connectivity index (χ2n) is 9.17. The minimum atomic E-state index is -0.110. The van der Waals surface area contributed by atoms with Gasteiger partial charge in [-0.1, -0.05) is 0 Å². The van der Waals surface area contributed by atoms with Crippen LogP contribution in [-0.4, -0.2) is 89.0 Å². The average Bonchev–Trinajstić information content (AvgIpc) is 3.37. The Kier molecular flexibility index (Phi) is 8.86. The van der Waals surface area contributed by atoms with Crippen molar-refractivity contribution in [3.05, 3.63) is 40.8 Å². The van der Waals surface area contributed by atoms with Crippen molar-refractivity contribution in [2.45, 2.75) is 18.9 Å². The van der Waals surface area contributed by atoms with Crippen molar-refractivity contribution in [2.75, 3.05) is 72.0 Å². The van der Waals surface area contributed by atoms with Crippen LogP contribution in [0.4, 0.5) is 5.00 Å². The number of carbonyl (C=O) groups is 1. The van der Waals surface area contributed by atoms with Gasteiger partial charge in [-0.3, -0.25) is 9.69 Å². The summed E-state index contributed by atoms with van der Waals surface area (Å²) in [7, 11) is 5.28. The van der Waals surface area contributed by atoms with E-state index >= 15 is 0 Å². The predicted octanol–water partition coefficient (Wildman–Crippen LogP) is 3.59. The first-order chi connectivity index (χ1) is 17.5. The molecule has 2 aromatic rings. The number of thiophene rings is 1. The number of carbonyl (C=O) groups excluding carboxylic acids is 1. The molecule has 8 nitrogen and oxygen atoms in total. The van der Waals surface area contributed by atoms with E-state index in [2.05, 4.69) is 33.9 Å². The normalized spacial score (nSPS) is 18.1. The third-order valence-electron chi connectivity index (χ3n) is 6.71. The summed E-state index contributed by atoms with van der Waals surface area (Å²) in [5, 5.41) is 10.9. The summed E-state index contributed by atoms with van der Waals surface area (Å²) in [6, 6.07) is 11.9. The zero-order chi connectivity index (χ0) is 25.5. The van der Waals surface area contributed by atoms with Crippen molar-refractivity contribution in [3.8, 4) is 17.6 Å². The van der Waals surface area contributed by atoms with Gasteiger partial charge in [0.05, 0.1) is 37.4 Å². The smallest absolute Gasteiger partial charge is 0.320 e. The molecule has 36 heavy (non-hydrogen) atoms. The molecule has 0 radical (unpaired) electrons. The number of anilines is 1. The molecule has 9 heteroatoms. The molecule has 0 N–H and O–H groups in total. The second-order valence-corrected chi connectivity index (χ2v) is 10.3. The number of methoxy groups -OCH3 is 2. The molecule has 192 valence electrons. The molecule has 0 unspecified atom stereocenters. The summed E-state index contributed by atoms with van der Waals surface area (Å²) < 4.78 is 16.5. The van der Waals surface area contributed by atoms with E-state index in [9.17, 15) is 10.1 Å². The molecule has 2 saturated heterocycles. The highest BCUT2D eigenvalue weighted by molar-refractivity contribution is 7.17. The van der Waals surface area contributed by atoms with E-state index in [-0.39, 0.29) is 12.1 Å². The average molecular weight is 511 g/mol. The van der Waals surface area contributed by atoms with Crippen molar-refractivity contribution < 1.29 is 19.0 Å². The molecule has 0 saturated carbocycles. The Hall–Kier alpha value is -3.06. The zero-order valence-corrected chi connectivity index (χ0v) is 22.1. The van der Waals surface area contributed by atoms with Crippen LogP contribution in [0.15, 0.2) is 30.3 Å². The highest BCUT2D eigenvalue weighted by Crippen LogP contribution is 2.34. The Balaban J connectivity index is 1.31. The molecule has 3 heterocycles. The summed E-state index contributed by atoms with van der Waals surface area (Å²) in [5.41, 5.74) is 1.35. The predicted molar refractivity (Wildman–Crippen MR) is 143 cm³/mol. The highest BCUT2D eigenvalue weighted by Gasteiger charge is 2.25. The van der Waals surface area contributed by atoms with E-state index in [0.29, 0.717) is 23.6 Å². The SMILES string of the molecule is COc1ccc(/C(C#N)=C/c2ccc(N3CCC(OC(=O)CN4CCN(C)CC4)CC3)s2)cc1OC. The molecule has 0 bridgehead atoms. The molecule has 2 fully saturated rings. The van der Waals surface area contributed by atoms with E-state index in [0.717, 1.165) is 67.6 Å². The van der Waals surface area contributed by atoms with Crippen LogP contribution in [0.1, 0.15) is 23.3 Å². The number of hydrogen-bond acceptors (Lipinski definition) is 9. The van der Waals surface area contributed by atoms with E-state index < -0.39 is 0 Å². The lowest BCUT2D eigenvalue weighted by Crippen LogP contribution is -2.47. The lowest BCUT2D eigenvalue weighted by molar-refractivity contribution is -0.151. The molecular weight excluding hydrogens is 476 g/mol. The lowest BCUT2D eigenvalue weighted by atomic mass is 10.1. The number of hydrogen-bond donors (Lipinski definition) is 0. The Morgan fingerprint density at radius 3 is 2.44 bits per heavy atom. The van der Waals surface area contributed by atoms with Gasteiger partial charge in [0.25, 0.3) is 0 Å². The summed E-state index contributed by atoms with van der Waals surface area (Å²) in [6.07, 6.45) is 3.54. The first-order valence-corrected chi connectivity index (χ1v) is 13.1. The van der Waals surface area contributed by atoms with Crippen molar-refractivity contribution in [1.29, 1.82) is 5.26 Å². The van der Waals surface area contributed by atoms with Crippen molar-refractivity contribution in [3.63, 3.8) is 0 Å². The van der Waals surface area contributed by atoms with Crippen LogP contribution in [0.5, 0.6) is 11.5 Å². The maximum Gasteiger partial charge on any atom is 0.320 e. The van der Waals surface area contributed by atoms with E-state index in [4.69, 9.17) is 14.2 Å². The molecule has 2 aliphatic rings. The Morgan fingerprint density at radius 1 is 1.06 bits per heavy atom. The second kappa shape index (κ2) is 12.3. The minimum absolute atomic E-state index is 0.0178. The van der Waals surface area contributed by atoms with Gasteiger partial charge in [0.1, 0.15) is 6.10 Å². The summed E-state index contributed by atoms with van der Waals surface area (Å²) in [5.74, 6) is 1.11. The summed E-state index contributed by atoms with van der Waals surface area (Å²) in [6.45, 7) is 5.89. The number of rotatable bonds is 8. The van der Waals surface area contributed by atoms with Crippen LogP contribution < -0.4 is 14.4 Å². The van der Waals surface area contributed by atoms with Gasteiger partial charge in [-0.2, -0.15) is 5.26 Å². The third kappa shape index (κ3) is 6.58. The van der Waals surface area contributed by atoms with Gasteiger partial charge in [0, 0.05) is 57.0 Å². The Labute approximate surface area is 217 Å². The van der Waals surface area contributed by atoms with Crippen LogP contribution in [0.2, 0.25) is 0 Å². The van der Waals surface area contributed by atoms with Crippen LogP contribution in [0.25, 0.3) is 11.6 Å². The number of piperazine rings is 1. The van der Waals surface area contributed by atoms with Crippen molar-refractivity contribution in [1.82, 2.24) is 9.80 Å². The largest absolute Gasteiger partial charge is 0.493 e. The molecule has 2 aliphatic heterocycles. The number of benzene rings is 1. The quantitative estimate of drug-likeness (QED) is 0.394. The standard InChI is InChI=1S/C27H34N4O4S/c1-29-12-14-30(15-13-29)19-27(32)35-22-8-10-31(11-9-22)26-7-5-23(36-26)16-21(18-28)20-4-6-24(33-2)25(17-20)34-3/h4-7,16-17,22H,8-15,19H2,1-3H3/b21-16+. The Morgan fingerprint density at radius 2 is 1.78 bits per heavy atom. The summed E-state index contributed by atoms with van der Waals surface area (Å²) >= 11 is 1.66. The molecule has 0 amide bonds. The molecule has 0 atom stereocenters. The van der Waals surface area contributed by atoms with E-state index in [1.54, 1.807) is 31.6 Å². The van der Waals surface area contributed by atoms with Crippen LogP contribution in [0, 0.1) is 11.3 Å². The maximum atomic E-state index is 12.4. The summed E-state index contributed by atoms with van der Waals surface area (Å²) in [4.78, 5) is 20.2. The van der Waals surface area contributed by atoms with Gasteiger partial charge in [-0.25, -0.2) is 0 Å². The van der Waals surface area contributed by atoms with E-state index in [1.165, 1.54) is 0 Å². The highest BCUT2D eigenvalue weighted by atomic mass is 32.1. The molecule has 0 aliphatic carbocycles. The number of esters is 1. The molecular formula is C27H34N4O4S. The minimum Gasteiger partial charge on any atom is -0.493 e. The van der Waals surface area contributed by atoms with Crippen LogP contribution in [0.3, 0.4) is 0 Å². The molecule has 0 spiro atoms. The van der Waals surface area contributed by atoms with Crippen LogP contribution in [-0.2, 0) is 9.53 Å². The number of piperidine rings is 1. The first-order valence-electron chi connectivity index (χ1n) is 12.3. The fourth-order valence-electron chi connectivity index (χ4n) is 4.52. The van der Waals surface area contributed by atoms with Gasteiger partial charge in [0.15, 0.2) is 11.5 Å². The van der Waals surface area contributed by atoms with Crippen LogP contribution >= 0.6 is 11.3 Å². The molecule has 4 rings (SSSR count). The lowest BCUT2D eigenvalue weighted by Gasteiger charge is -2.34. The van der Waals surface area contributed by atoms with E-state index in [1.807, 2.05) is 24.3 Å². The van der Waals surface area contributed by atoms with Crippen molar-refractivity contribution >= 4 is 34.0 Å². The fraction of sp³-hybridized carbons (Fsp3) is 0.481. The van der Waals surface area contributed by atoms with Gasteiger partial charge in [-0.15, -0.1) is 11.3 Å². The monoisotopic (exact) mass is 510 g/mol. The number of nitrogens with zero attached hydrogens (tertiary/aromatic N) is 4. The fourth-order valence-corrected chi connectivity index (χ4v) is 5.52. The third-order valence-corrected chi connectivity index (χ3v) is 7.81. The maximum absolute atomic E-state index is 12.4. The zero-order valence-electron chi connectivity index (χ0n) is 21.2. The van der Waals surface area contributed by atoms with Gasteiger partial charge < -0.3 is 24.0 Å². The first kappa shape index (κ1) is 26.0.